The van der Waals surface area contributed by atoms with Gasteiger partial charge in [-0.25, -0.2) is 0 Å². The Morgan fingerprint density at radius 3 is 2.86 bits per heavy atom. The summed E-state index contributed by atoms with van der Waals surface area (Å²) in [4.78, 5) is 11.5. The van der Waals surface area contributed by atoms with Gasteiger partial charge in [0.1, 0.15) is 0 Å². The monoisotopic (exact) mass is 203 g/mol. The van der Waals surface area contributed by atoms with Crippen LogP contribution in [0.4, 0.5) is 5.69 Å². The van der Waals surface area contributed by atoms with Crippen LogP contribution in [0.5, 0.6) is 0 Å². The maximum Gasteiger partial charge on any atom is 0.256 e. The summed E-state index contributed by atoms with van der Waals surface area (Å²) in [6.07, 6.45) is 0. The minimum absolute atomic E-state index is 0.0483. The van der Waals surface area contributed by atoms with E-state index in [0.717, 1.165) is 16.5 Å². The summed E-state index contributed by atoms with van der Waals surface area (Å²) >= 11 is 6.04. The maximum atomic E-state index is 11.5. The molecule has 1 aliphatic heterocycles. The average molecular weight is 204 g/mol. The third-order valence-corrected chi connectivity index (χ3v) is 2.81. The van der Waals surface area contributed by atoms with E-state index in [4.69, 9.17) is 11.6 Å². The molecule has 1 amide bonds. The summed E-state index contributed by atoms with van der Waals surface area (Å²) in [6, 6.07) is 9.21. The average Bonchev–Trinajstić information content (AvgIpc) is 2.50. The highest BCUT2D eigenvalue weighted by Gasteiger charge is 2.21. The smallest absolute Gasteiger partial charge is 0.256 e. The Kier molecular flexibility index (Phi) is 1.39. The quantitative estimate of drug-likeness (QED) is 0.701. The molecule has 1 aliphatic rings. The number of rotatable bonds is 0. The number of halogens is 1. The molecule has 1 N–H and O–H groups in total. The predicted octanol–water partition coefficient (Wildman–Crippen LogP) is 3.06. The van der Waals surface area contributed by atoms with Gasteiger partial charge < -0.3 is 5.32 Å². The number of hydrogen-bond donors (Lipinski definition) is 1. The molecule has 14 heavy (non-hydrogen) atoms. The van der Waals surface area contributed by atoms with Gasteiger partial charge in [0.05, 0.1) is 0 Å². The first-order chi connectivity index (χ1) is 6.77. The molecule has 3 heteroatoms. The fourth-order valence-corrected chi connectivity index (χ4v) is 2.07. The molecule has 0 fully saturated rings. The third kappa shape index (κ3) is 0.836. The minimum atomic E-state index is -0.0483. The van der Waals surface area contributed by atoms with Gasteiger partial charge in [0, 0.05) is 27.0 Å². The molecule has 1 heterocycles. The Labute approximate surface area is 85.5 Å². The van der Waals surface area contributed by atoms with Crippen molar-refractivity contribution in [1.82, 2.24) is 0 Å². The molecule has 3 rings (SSSR count). The molecule has 68 valence electrons. The molecule has 2 aromatic carbocycles. The molecule has 0 aromatic heterocycles. The summed E-state index contributed by atoms with van der Waals surface area (Å²) in [5.41, 5.74) is 1.56. The van der Waals surface area contributed by atoms with E-state index < -0.39 is 0 Å². The Morgan fingerprint density at radius 1 is 1.14 bits per heavy atom. The van der Waals surface area contributed by atoms with Crippen LogP contribution in [0.3, 0.4) is 0 Å². The summed E-state index contributed by atoms with van der Waals surface area (Å²) in [5.74, 6) is -0.0483. The van der Waals surface area contributed by atoms with Crippen LogP contribution >= 0.6 is 11.6 Å². The molecule has 0 spiro atoms. The summed E-state index contributed by atoms with van der Waals surface area (Å²) in [6.45, 7) is 0. The highest BCUT2D eigenvalue weighted by Crippen LogP contribution is 2.36. The summed E-state index contributed by atoms with van der Waals surface area (Å²) in [7, 11) is 0. The van der Waals surface area contributed by atoms with Crippen LogP contribution in [0.1, 0.15) is 10.4 Å². The molecule has 0 unspecified atom stereocenters. The van der Waals surface area contributed by atoms with Gasteiger partial charge in [-0.05, 0) is 18.2 Å². The number of amides is 1. The Balaban J connectivity index is 2.59. The van der Waals surface area contributed by atoms with E-state index in [1.165, 1.54) is 0 Å². The van der Waals surface area contributed by atoms with Crippen molar-refractivity contribution < 1.29 is 4.79 Å². The van der Waals surface area contributed by atoms with Gasteiger partial charge in [0.25, 0.3) is 5.91 Å². The topological polar surface area (TPSA) is 29.1 Å². The van der Waals surface area contributed by atoms with Gasteiger partial charge in [-0.3, -0.25) is 4.79 Å². The number of nitrogens with one attached hydrogen (secondary N) is 1. The molecule has 0 saturated carbocycles. The maximum absolute atomic E-state index is 11.5. The second-order valence-electron chi connectivity index (χ2n) is 3.28. The SMILES string of the molecule is O=C1Nc2cccc3c(Cl)ccc1c23. The largest absolute Gasteiger partial charge is 0.321 e. The first-order valence-electron chi connectivity index (χ1n) is 4.30. The fourth-order valence-electron chi connectivity index (χ4n) is 1.85. The number of benzene rings is 2. The van der Waals surface area contributed by atoms with Crippen LogP contribution in [-0.4, -0.2) is 5.91 Å². The van der Waals surface area contributed by atoms with Gasteiger partial charge in [-0.1, -0.05) is 23.7 Å². The first kappa shape index (κ1) is 7.83. The zero-order chi connectivity index (χ0) is 9.71. The van der Waals surface area contributed by atoms with Crippen molar-refractivity contribution in [3.05, 3.63) is 40.9 Å². The van der Waals surface area contributed by atoms with E-state index in [1.807, 2.05) is 18.2 Å². The summed E-state index contributed by atoms with van der Waals surface area (Å²) < 4.78 is 0. The first-order valence-corrected chi connectivity index (χ1v) is 4.68. The van der Waals surface area contributed by atoms with Crippen LogP contribution in [0.25, 0.3) is 10.8 Å². The van der Waals surface area contributed by atoms with Gasteiger partial charge in [-0.2, -0.15) is 0 Å². The van der Waals surface area contributed by atoms with E-state index in [2.05, 4.69) is 5.32 Å². The van der Waals surface area contributed by atoms with Crippen LogP contribution in [0.2, 0.25) is 5.02 Å². The lowest BCUT2D eigenvalue weighted by atomic mass is 10.1. The predicted molar refractivity (Wildman–Crippen MR) is 56.9 cm³/mol. The molecule has 0 aliphatic carbocycles. The Morgan fingerprint density at radius 2 is 2.00 bits per heavy atom. The van der Waals surface area contributed by atoms with Gasteiger partial charge >= 0.3 is 0 Å². The standard InChI is InChI=1S/C11H6ClNO/c12-8-5-4-7-10-6(8)2-1-3-9(10)13-11(7)14/h1-5H,(H,13,14). The fraction of sp³-hybridized carbons (Fsp3) is 0. The number of hydrogen-bond acceptors (Lipinski definition) is 1. The highest BCUT2D eigenvalue weighted by atomic mass is 35.5. The van der Waals surface area contributed by atoms with E-state index >= 15 is 0 Å². The van der Waals surface area contributed by atoms with Crippen molar-refractivity contribution in [3.8, 4) is 0 Å². The zero-order valence-corrected chi connectivity index (χ0v) is 7.93. The molecule has 0 radical (unpaired) electrons. The second kappa shape index (κ2) is 2.49. The number of anilines is 1. The van der Waals surface area contributed by atoms with Gasteiger partial charge in [-0.15, -0.1) is 0 Å². The van der Waals surface area contributed by atoms with Crippen LogP contribution in [0.15, 0.2) is 30.3 Å². The molecular weight excluding hydrogens is 198 g/mol. The van der Waals surface area contributed by atoms with Crippen LogP contribution in [0, 0.1) is 0 Å². The van der Waals surface area contributed by atoms with Gasteiger partial charge in [0.15, 0.2) is 0 Å². The van der Waals surface area contributed by atoms with Crippen LogP contribution < -0.4 is 5.32 Å². The molecule has 2 aromatic rings. The van der Waals surface area contributed by atoms with Crippen molar-refractivity contribution in [2.75, 3.05) is 5.32 Å². The lowest BCUT2D eigenvalue weighted by Crippen LogP contribution is -2.03. The van der Waals surface area contributed by atoms with Crippen molar-refractivity contribution in [3.63, 3.8) is 0 Å². The van der Waals surface area contributed by atoms with Crippen molar-refractivity contribution in [2.24, 2.45) is 0 Å². The molecular formula is C11H6ClNO. The van der Waals surface area contributed by atoms with Crippen molar-refractivity contribution in [1.29, 1.82) is 0 Å². The van der Waals surface area contributed by atoms with Crippen molar-refractivity contribution in [2.45, 2.75) is 0 Å². The third-order valence-electron chi connectivity index (χ3n) is 2.48. The lowest BCUT2D eigenvalue weighted by molar-refractivity contribution is 0.103. The molecule has 0 atom stereocenters. The van der Waals surface area contributed by atoms with E-state index in [9.17, 15) is 4.79 Å². The lowest BCUT2D eigenvalue weighted by Gasteiger charge is -2.00. The number of carbonyl (C=O) groups is 1. The molecule has 0 saturated heterocycles. The minimum Gasteiger partial charge on any atom is -0.321 e. The van der Waals surface area contributed by atoms with E-state index in [-0.39, 0.29) is 5.91 Å². The zero-order valence-electron chi connectivity index (χ0n) is 7.17. The summed E-state index contributed by atoms with van der Waals surface area (Å²) in [5, 5.41) is 5.35. The van der Waals surface area contributed by atoms with Gasteiger partial charge in [0.2, 0.25) is 0 Å². The van der Waals surface area contributed by atoms with Crippen LogP contribution in [-0.2, 0) is 0 Å². The molecule has 2 nitrogen and oxygen atoms in total. The highest BCUT2D eigenvalue weighted by molar-refractivity contribution is 6.38. The second-order valence-corrected chi connectivity index (χ2v) is 3.68. The number of carbonyl (C=O) groups excluding carboxylic acids is 1. The normalized spacial score (nSPS) is 13.4. The van der Waals surface area contributed by atoms with E-state index in [1.54, 1.807) is 12.1 Å². The Bertz CT molecular complexity index is 562. The van der Waals surface area contributed by atoms with Crippen molar-refractivity contribution >= 4 is 34.0 Å². The molecule has 0 bridgehead atoms. The Hall–Kier alpha value is -1.54. The van der Waals surface area contributed by atoms with E-state index in [0.29, 0.717) is 10.6 Å².